The normalized spacial score (nSPS) is 11.3. The van der Waals surface area contributed by atoms with Crippen molar-refractivity contribution in [3.8, 4) is 0 Å². The number of anilines is 1. The third-order valence-electron chi connectivity index (χ3n) is 2.48. The molecule has 0 saturated heterocycles. The van der Waals surface area contributed by atoms with Gasteiger partial charge in [-0.2, -0.15) is 13.2 Å². The molecule has 0 spiro atoms. The number of carbonyl (C=O) groups excluding carboxylic acids is 1. The van der Waals surface area contributed by atoms with E-state index in [1.165, 1.54) is 12.1 Å². The number of hydrogen-bond donors (Lipinski definition) is 2. The van der Waals surface area contributed by atoms with Crippen molar-refractivity contribution < 1.29 is 22.4 Å². The SMILES string of the molecule is O=C(CSc1nc(C(F)(F)F)cc(=O)[nH]1)Nc1ccc(F)cc1. The molecule has 0 unspecified atom stereocenters. The number of alkyl halides is 3. The zero-order valence-corrected chi connectivity index (χ0v) is 12.1. The lowest BCUT2D eigenvalue weighted by Crippen LogP contribution is -2.18. The van der Waals surface area contributed by atoms with Crippen molar-refractivity contribution in [2.75, 3.05) is 11.1 Å². The van der Waals surface area contributed by atoms with Crippen molar-refractivity contribution in [2.45, 2.75) is 11.3 Å². The van der Waals surface area contributed by atoms with Gasteiger partial charge in [0.1, 0.15) is 5.82 Å². The molecule has 0 aliphatic carbocycles. The van der Waals surface area contributed by atoms with Gasteiger partial charge in [-0.3, -0.25) is 9.59 Å². The van der Waals surface area contributed by atoms with Crippen LogP contribution in [0.25, 0.3) is 0 Å². The lowest BCUT2D eigenvalue weighted by Gasteiger charge is -2.07. The van der Waals surface area contributed by atoms with Gasteiger partial charge in [0.25, 0.3) is 5.56 Å². The summed E-state index contributed by atoms with van der Waals surface area (Å²) in [6.45, 7) is 0. The van der Waals surface area contributed by atoms with Gasteiger partial charge in [0.15, 0.2) is 10.9 Å². The number of aromatic amines is 1. The molecule has 0 atom stereocenters. The van der Waals surface area contributed by atoms with Gasteiger partial charge in [-0.1, -0.05) is 11.8 Å². The van der Waals surface area contributed by atoms with Crippen LogP contribution in [0.1, 0.15) is 5.69 Å². The lowest BCUT2D eigenvalue weighted by atomic mass is 10.3. The van der Waals surface area contributed by atoms with Gasteiger partial charge in [-0.25, -0.2) is 9.37 Å². The highest BCUT2D eigenvalue weighted by molar-refractivity contribution is 7.99. The minimum atomic E-state index is -4.75. The summed E-state index contributed by atoms with van der Waals surface area (Å²) < 4.78 is 50.3. The molecule has 0 radical (unpaired) electrons. The molecule has 1 aromatic carbocycles. The maximum Gasteiger partial charge on any atom is 0.433 e. The van der Waals surface area contributed by atoms with Crippen molar-refractivity contribution in [3.05, 3.63) is 52.2 Å². The zero-order chi connectivity index (χ0) is 17.0. The first-order valence-corrected chi connectivity index (χ1v) is 7.09. The van der Waals surface area contributed by atoms with Crippen molar-refractivity contribution >= 4 is 23.4 Å². The fourth-order valence-electron chi connectivity index (χ4n) is 1.51. The molecule has 23 heavy (non-hydrogen) atoms. The van der Waals surface area contributed by atoms with Crippen LogP contribution in [-0.4, -0.2) is 21.6 Å². The third-order valence-corrected chi connectivity index (χ3v) is 3.35. The predicted molar refractivity (Wildman–Crippen MR) is 75.6 cm³/mol. The quantitative estimate of drug-likeness (QED) is 0.507. The van der Waals surface area contributed by atoms with E-state index in [4.69, 9.17) is 0 Å². The van der Waals surface area contributed by atoms with E-state index in [1.54, 1.807) is 0 Å². The number of halogens is 4. The van der Waals surface area contributed by atoms with Gasteiger partial charge in [-0.15, -0.1) is 0 Å². The van der Waals surface area contributed by atoms with Crippen molar-refractivity contribution in [3.63, 3.8) is 0 Å². The van der Waals surface area contributed by atoms with E-state index in [0.717, 1.165) is 12.1 Å². The van der Waals surface area contributed by atoms with Gasteiger partial charge in [-0.05, 0) is 24.3 Å². The number of amides is 1. The molecule has 1 amide bonds. The minimum absolute atomic E-state index is 0.276. The summed E-state index contributed by atoms with van der Waals surface area (Å²) in [6.07, 6.45) is -4.75. The Hall–Kier alpha value is -2.36. The number of nitrogens with one attached hydrogen (secondary N) is 2. The van der Waals surface area contributed by atoms with Gasteiger partial charge >= 0.3 is 6.18 Å². The van der Waals surface area contributed by atoms with Crippen molar-refractivity contribution in [2.24, 2.45) is 0 Å². The molecule has 1 aromatic heterocycles. The molecule has 0 bridgehead atoms. The van der Waals surface area contributed by atoms with Gasteiger partial charge in [0.2, 0.25) is 5.91 Å². The average molecular weight is 347 g/mol. The summed E-state index contributed by atoms with van der Waals surface area (Å²) in [7, 11) is 0. The second-order valence-electron chi connectivity index (χ2n) is 4.28. The standard InChI is InChI=1S/C13H9F4N3O2S/c14-7-1-3-8(4-2-7)18-11(22)6-23-12-19-9(13(15,16)17)5-10(21)20-12/h1-5H,6H2,(H,18,22)(H,19,20,21). The number of hydrogen-bond acceptors (Lipinski definition) is 4. The first kappa shape index (κ1) is 17.0. The molecule has 122 valence electrons. The van der Waals surface area contributed by atoms with E-state index in [-0.39, 0.29) is 10.9 Å². The number of nitrogens with zero attached hydrogens (tertiary/aromatic N) is 1. The van der Waals surface area contributed by atoms with Crippen LogP contribution >= 0.6 is 11.8 Å². The van der Waals surface area contributed by atoms with E-state index >= 15 is 0 Å². The van der Waals surface area contributed by atoms with E-state index in [9.17, 15) is 27.2 Å². The number of carbonyl (C=O) groups is 1. The lowest BCUT2D eigenvalue weighted by molar-refractivity contribution is -0.141. The Kier molecular flexibility index (Phi) is 5.04. The average Bonchev–Trinajstić information content (AvgIpc) is 2.46. The number of thioether (sulfide) groups is 1. The summed E-state index contributed by atoms with van der Waals surface area (Å²) >= 11 is 0.643. The molecular formula is C13H9F4N3O2S. The first-order chi connectivity index (χ1) is 10.7. The minimum Gasteiger partial charge on any atom is -0.325 e. The van der Waals surface area contributed by atoms with Gasteiger partial charge in [0.05, 0.1) is 5.75 Å². The number of benzene rings is 1. The van der Waals surface area contributed by atoms with Crippen LogP contribution in [0.2, 0.25) is 0 Å². The maximum absolute atomic E-state index is 12.7. The number of H-pyrrole nitrogens is 1. The Morgan fingerprint density at radius 2 is 1.91 bits per heavy atom. The second-order valence-corrected chi connectivity index (χ2v) is 5.24. The highest BCUT2D eigenvalue weighted by Gasteiger charge is 2.33. The van der Waals surface area contributed by atoms with Crippen LogP contribution in [0.4, 0.5) is 23.2 Å². The van der Waals surface area contributed by atoms with Crippen molar-refractivity contribution in [1.29, 1.82) is 0 Å². The molecule has 0 aliphatic rings. The monoisotopic (exact) mass is 347 g/mol. The summed E-state index contributed by atoms with van der Waals surface area (Å²) in [4.78, 5) is 28.2. The molecular weight excluding hydrogens is 338 g/mol. The molecule has 2 N–H and O–H groups in total. The summed E-state index contributed by atoms with van der Waals surface area (Å²) in [6, 6.07) is 5.30. The molecule has 0 saturated carbocycles. The molecule has 0 aliphatic heterocycles. The number of rotatable bonds is 4. The summed E-state index contributed by atoms with van der Waals surface area (Å²) in [5.41, 5.74) is -1.96. The van der Waals surface area contributed by atoms with Crippen LogP contribution in [-0.2, 0) is 11.0 Å². The van der Waals surface area contributed by atoms with Gasteiger partial charge < -0.3 is 10.3 Å². The Morgan fingerprint density at radius 1 is 1.26 bits per heavy atom. The largest absolute Gasteiger partial charge is 0.433 e. The van der Waals surface area contributed by atoms with Crippen molar-refractivity contribution in [1.82, 2.24) is 9.97 Å². The molecule has 5 nitrogen and oxygen atoms in total. The highest BCUT2D eigenvalue weighted by atomic mass is 32.2. The molecule has 0 fully saturated rings. The summed E-state index contributed by atoms with van der Waals surface area (Å²) in [5, 5.41) is 2.11. The molecule has 1 heterocycles. The van der Waals surface area contributed by atoms with Crippen LogP contribution in [0.15, 0.2) is 40.3 Å². The Bertz CT molecular complexity index is 759. The Balaban J connectivity index is 2.00. The Morgan fingerprint density at radius 3 is 2.52 bits per heavy atom. The fourth-order valence-corrected chi connectivity index (χ4v) is 2.19. The molecule has 10 heteroatoms. The highest BCUT2D eigenvalue weighted by Crippen LogP contribution is 2.27. The van der Waals surface area contributed by atoms with Crippen LogP contribution in [0, 0.1) is 5.82 Å². The van der Waals surface area contributed by atoms with Crippen LogP contribution < -0.4 is 10.9 Å². The van der Waals surface area contributed by atoms with Crippen LogP contribution in [0.5, 0.6) is 0 Å². The van der Waals surface area contributed by atoms with Crippen LogP contribution in [0.3, 0.4) is 0 Å². The van der Waals surface area contributed by atoms with Gasteiger partial charge in [0, 0.05) is 11.8 Å². The number of aromatic nitrogens is 2. The predicted octanol–water partition coefficient (Wildman–Crippen LogP) is 2.66. The van der Waals surface area contributed by atoms with E-state index in [0.29, 0.717) is 23.5 Å². The smallest absolute Gasteiger partial charge is 0.325 e. The second kappa shape index (κ2) is 6.82. The third kappa shape index (κ3) is 5.09. The van der Waals surface area contributed by atoms with E-state index < -0.39 is 29.2 Å². The molecule has 2 aromatic rings. The fraction of sp³-hybridized carbons (Fsp3) is 0.154. The van der Waals surface area contributed by atoms with E-state index in [2.05, 4.69) is 15.3 Å². The maximum atomic E-state index is 12.7. The van der Waals surface area contributed by atoms with E-state index in [1.807, 2.05) is 0 Å². The topological polar surface area (TPSA) is 74.8 Å². The zero-order valence-electron chi connectivity index (χ0n) is 11.3. The first-order valence-electron chi connectivity index (χ1n) is 6.11. The Labute approximate surface area is 131 Å². The molecule has 2 rings (SSSR count). The summed E-state index contributed by atoms with van der Waals surface area (Å²) in [5.74, 6) is -1.29.